The van der Waals surface area contributed by atoms with Gasteiger partial charge in [-0.15, -0.1) is 0 Å². The predicted molar refractivity (Wildman–Crippen MR) is 55.6 cm³/mol. The Morgan fingerprint density at radius 3 is 2.56 bits per heavy atom. The quantitative estimate of drug-likeness (QED) is 0.662. The highest BCUT2D eigenvalue weighted by atomic mass is 35.5. The van der Waals surface area contributed by atoms with Crippen molar-refractivity contribution in [3.05, 3.63) is 38.9 Å². The monoisotopic (exact) mass is 250 g/mol. The minimum atomic E-state index is -2.93. The molecule has 4 nitrogen and oxygen atoms in total. The molecule has 0 aliphatic heterocycles. The fourth-order valence-corrected chi connectivity index (χ4v) is 1.39. The van der Waals surface area contributed by atoms with E-state index < -0.39 is 22.6 Å². The molecule has 0 aliphatic carbocycles. The highest BCUT2D eigenvalue weighted by Crippen LogP contribution is 2.34. The number of hydrogen-bond donors (Lipinski definition) is 1. The van der Waals surface area contributed by atoms with Crippen LogP contribution < -0.4 is 5.73 Å². The lowest BCUT2D eigenvalue weighted by atomic mass is 9.92. The Hall–Kier alpha value is -1.27. The molecule has 1 atom stereocenters. The molecule has 0 spiro atoms. The van der Waals surface area contributed by atoms with Gasteiger partial charge < -0.3 is 5.73 Å². The number of alkyl halides is 2. The van der Waals surface area contributed by atoms with E-state index in [9.17, 15) is 18.9 Å². The van der Waals surface area contributed by atoms with Crippen LogP contribution in [0.15, 0.2) is 18.2 Å². The summed E-state index contributed by atoms with van der Waals surface area (Å²) in [7, 11) is 0. The number of hydrogen-bond acceptors (Lipinski definition) is 3. The molecular formula is C9H9ClF2N2O2. The molecule has 0 fully saturated rings. The van der Waals surface area contributed by atoms with E-state index in [0.717, 1.165) is 19.1 Å². The van der Waals surface area contributed by atoms with Crippen LogP contribution in [0.1, 0.15) is 12.5 Å². The van der Waals surface area contributed by atoms with Crippen LogP contribution in [0.4, 0.5) is 14.5 Å². The lowest BCUT2D eigenvalue weighted by Crippen LogP contribution is -2.41. The second-order valence-electron chi connectivity index (χ2n) is 3.50. The fourth-order valence-electron chi connectivity index (χ4n) is 1.22. The summed E-state index contributed by atoms with van der Waals surface area (Å²) < 4.78 is 25.4. The highest BCUT2D eigenvalue weighted by Gasteiger charge is 2.38. The lowest BCUT2D eigenvalue weighted by molar-refractivity contribution is -0.386. The number of nitro groups is 1. The van der Waals surface area contributed by atoms with Crippen molar-refractivity contribution in [1.29, 1.82) is 0 Å². The van der Waals surface area contributed by atoms with E-state index in [1.165, 1.54) is 6.07 Å². The third-order valence-electron chi connectivity index (χ3n) is 2.19. The minimum Gasteiger partial charge on any atom is -0.317 e. The molecule has 1 rings (SSSR count). The SMILES string of the molecule is CC(N)(c1cc(Cl)ccc1[N+](=O)[O-])C(F)F. The first-order valence-corrected chi connectivity index (χ1v) is 4.66. The molecule has 0 radical (unpaired) electrons. The molecule has 0 bridgehead atoms. The number of benzene rings is 1. The van der Waals surface area contributed by atoms with E-state index in [1.54, 1.807) is 0 Å². The Balaban J connectivity index is 3.41. The summed E-state index contributed by atoms with van der Waals surface area (Å²) in [5.74, 6) is 0. The molecule has 7 heteroatoms. The maximum atomic E-state index is 12.7. The Morgan fingerprint density at radius 2 is 2.12 bits per heavy atom. The van der Waals surface area contributed by atoms with Crippen molar-refractivity contribution in [2.24, 2.45) is 5.73 Å². The van der Waals surface area contributed by atoms with Gasteiger partial charge in [0.05, 0.1) is 10.5 Å². The Labute approximate surface area is 95.2 Å². The summed E-state index contributed by atoms with van der Waals surface area (Å²) in [6.07, 6.45) is -2.93. The van der Waals surface area contributed by atoms with Gasteiger partial charge in [-0.3, -0.25) is 10.1 Å². The maximum absolute atomic E-state index is 12.7. The Kier molecular flexibility index (Phi) is 3.44. The number of nitrogens with two attached hydrogens (primary N) is 1. The normalized spacial score (nSPS) is 14.9. The van der Waals surface area contributed by atoms with Gasteiger partial charge in [0.2, 0.25) is 0 Å². The molecule has 88 valence electrons. The van der Waals surface area contributed by atoms with Crippen molar-refractivity contribution in [3.63, 3.8) is 0 Å². The first-order chi connectivity index (χ1) is 7.26. The molecule has 0 amide bonds. The molecule has 1 aromatic carbocycles. The standard InChI is InChI=1S/C9H9ClF2N2O2/c1-9(13,8(11)12)6-4-5(10)2-3-7(6)14(15)16/h2-4,8H,13H2,1H3. The van der Waals surface area contributed by atoms with Crippen molar-refractivity contribution < 1.29 is 13.7 Å². The lowest BCUT2D eigenvalue weighted by Gasteiger charge is -2.23. The van der Waals surface area contributed by atoms with Gasteiger partial charge in [-0.1, -0.05) is 11.6 Å². The van der Waals surface area contributed by atoms with Crippen LogP contribution >= 0.6 is 11.6 Å². The number of nitrogens with zero attached hydrogens (tertiary/aromatic N) is 1. The second kappa shape index (κ2) is 4.31. The van der Waals surface area contributed by atoms with Crippen LogP contribution in [0.25, 0.3) is 0 Å². The van der Waals surface area contributed by atoms with Crippen molar-refractivity contribution in [2.75, 3.05) is 0 Å². The topological polar surface area (TPSA) is 69.2 Å². The molecular weight excluding hydrogens is 242 g/mol. The molecule has 0 saturated carbocycles. The van der Waals surface area contributed by atoms with Crippen LogP contribution in [-0.4, -0.2) is 11.3 Å². The van der Waals surface area contributed by atoms with E-state index in [-0.39, 0.29) is 10.6 Å². The summed E-state index contributed by atoms with van der Waals surface area (Å²) in [6, 6.07) is 3.40. The first-order valence-electron chi connectivity index (χ1n) is 4.28. The van der Waals surface area contributed by atoms with Crippen LogP contribution in [0.5, 0.6) is 0 Å². The van der Waals surface area contributed by atoms with Crippen LogP contribution in [0.2, 0.25) is 5.02 Å². The molecule has 0 aromatic heterocycles. The van der Waals surface area contributed by atoms with Crippen LogP contribution in [-0.2, 0) is 5.54 Å². The highest BCUT2D eigenvalue weighted by molar-refractivity contribution is 6.30. The van der Waals surface area contributed by atoms with E-state index in [2.05, 4.69) is 0 Å². The molecule has 1 unspecified atom stereocenters. The second-order valence-corrected chi connectivity index (χ2v) is 3.94. The molecule has 1 aromatic rings. The van der Waals surface area contributed by atoms with Gasteiger partial charge in [-0.25, -0.2) is 8.78 Å². The third kappa shape index (κ3) is 2.28. The molecule has 0 heterocycles. The molecule has 0 aliphatic rings. The van der Waals surface area contributed by atoms with Crippen molar-refractivity contribution in [1.82, 2.24) is 0 Å². The van der Waals surface area contributed by atoms with E-state index in [0.29, 0.717) is 0 Å². The van der Waals surface area contributed by atoms with Gasteiger partial charge >= 0.3 is 0 Å². The average molecular weight is 251 g/mol. The molecule has 2 N–H and O–H groups in total. The fraction of sp³-hybridized carbons (Fsp3) is 0.333. The third-order valence-corrected chi connectivity index (χ3v) is 2.42. The zero-order chi connectivity index (χ0) is 12.5. The van der Waals surface area contributed by atoms with Crippen molar-refractivity contribution >= 4 is 17.3 Å². The van der Waals surface area contributed by atoms with Crippen LogP contribution in [0.3, 0.4) is 0 Å². The Morgan fingerprint density at radius 1 is 1.56 bits per heavy atom. The van der Waals surface area contributed by atoms with Crippen molar-refractivity contribution in [3.8, 4) is 0 Å². The predicted octanol–water partition coefficient (Wildman–Crippen LogP) is 2.69. The smallest absolute Gasteiger partial charge is 0.274 e. The summed E-state index contributed by atoms with van der Waals surface area (Å²) in [5.41, 5.74) is 2.53. The number of rotatable bonds is 3. The minimum absolute atomic E-state index is 0.123. The van der Waals surface area contributed by atoms with E-state index in [4.69, 9.17) is 17.3 Å². The van der Waals surface area contributed by atoms with Gasteiger partial charge in [0, 0.05) is 11.1 Å². The summed E-state index contributed by atoms with van der Waals surface area (Å²) in [4.78, 5) is 9.90. The van der Waals surface area contributed by atoms with E-state index in [1.807, 2.05) is 0 Å². The Bertz CT molecular complexity index is 424. The number of halogens is 3. The summed E-state index contributed by atoms with van der Waals surface area (Å²) >= 11 is 5.61. The van der Waals surface area contributed by atoms with Gasteiger partial charge in [-0.2, -0.15) is 0 Å². The van der Waals surface area contributed by atoms with Crippen molar-refractivity contribution in [2.45, 2.75) is 18.9 Å². The molecule has 16 heavy (non-hydrogen) atoms. The molecule has 0 saturated heterocycles. The summed E-state index contributed by atoms with van der Waals surface area (Å²) in [5, 5.41) is 10.8. The largest absolute Gasteiger partial charge is 0.317 e. The first kappa shape index (κ1) is 12.8. The zero-order valence-electron chi connectivity index (χ0n) is 8.28. The van der Waals surface area contributed by atoms with Gasteiger partial charge in [0.1, 0.15) is 5.54 Å². The van der Waals surface area contributed by atoms with Crippen LogP contribution in [0, 0.1) is 10.1 Å². The van der Waals surface area contributed by atoms with Gasteiger partial charge in [0.15, 0.2) is 0 Å². The maximum Gasteiger partial charge on any atom is 0.274 e. The van der Waals surface area contributed by atoms with E-state index >= 15 is 0 Å². The summed E-state index contributed by atoms with van der Waals surface area (Å²) in [6.45, 7) is 1.02. The van der Waals surface area contributed by atoms with Gasteiger partial charge in [0.25, 0.3) is 12.1 Å². The number of nitro benzene ring substituents is 1. The average Bonchev–Trinajstić information content (AvgIpc) is 2.16. The zero-order valence-corrected chi connectivity index (χ0v) is 9.04. The van der Waals surface area contributed by atoms with Gasteiger partial charge in [-0.05, 0) is 19.1 Å².